The van der Waals surface area contributed by atoms with Gasteiger partial charge in [0.1, 0.15) is 0 Å². The molecule has 1 aliphatic heterocycles. The first-order valence-corrected chi connectivity index (χ1v) is 3.43. The highest BCUT2D eigenvalue weighted by atomic mass is 15.3. The Morgan fingerprint density at radius 2 is 2.44 bits per heavy atom. The zero-order valence-corrected chi connectivity index (χ0v) is 6.07. The van der Waals surface area contributed by atoms with Gasteiger partial charge in [-0.15, -0.1) is 0 Å². The minimum absolute atomic E-state index is 0.366. The van der Waals surface area contributed by atoms with Gasteiger partial charge in [0.25, 0.3) is 0 Å². The van der Waals surface area contributed by atoms with Gasteiger partial charge in [-0.05, 0) is 6.42 Å². The van der Waals surface area contributed by atoms with Gasteiger partial charge in [0.05, 0.1) is 0 Å². The fourth-order valence-electron chi connectivity index (χ4n) is 0.857. The molecule has 1 rings (SSSR count). The molecule has 0 spiro atoms. The summed E-state index contributed by atoms with van der Waals surface area (Å²) in [5.74, 6) is 0. The molecule has 2 N–H and O–H groups in total. The number of nitrogens with one attached hydrogen (secondary N) is 2. The van der Waals surface area contributed by atoms with Crippen molar-refractivity contribution in [3.05, 3.63) is 12.3 Å². The molecular formula is C7H14N2. The molecule has 1 heterocycles. The average molecular weight is 126 g/mol. The number of hydrazine groups is 1. The largest absolute Gasteiger partial charge is 0.329 e. The summed E-state index contributed by atoms with van der Waals surface area (Å²) in [5, 5.41) is 0. The lowest BCUT2D eigenvalue weighted by Crippen LogP contribution is -2.40. The van der Waals surface area contributed by atoms with Crippen LogP contribution in [0.1, 0.15) is 20.3 Å². The molecule has 0 saturated heterocycles. The molecule has 1 aliphatic rings. The van der Waals surface area contributed by atoms with Gasteiger partial charge >= 0.3 is 0 Å². The van der Waals surface area contributed by atoms with Gasteiger partial charge in [-0.25, -0.2) is 5.43 Å². The van der Waals surface area contributed by atoms with E-state index < -0.39 is 0 Å². The van der Waals surface area contributed by atoms with Crippen LogP contribution < -0.4 is 10.9 Å². The van der Waals surface area contributed by atoms with Crippen LogP contribution in [0.3, 0.4) is 0 Å². The summed E-state index contributed by atoms with van der Waals surface area (Å²) in [7, 11) is 0. The van der Waals surface area contributed by atoms with Crippen molar-refractivity contribution in [1.82, 2.24) is 10.9 Å². The zero-order chi connectivity index (χ0) is 6.74. The molecule has 0 bridgehead atoms. The Hall–Kier alpha value is -0.500. The third kappa shape index (κ3) is 1.45. The highest BCUT2D eigenvalue weighted by Gasteiger charge is 2.19. The summed E-state index contributed by atoms with van der Waals surface area (Å²) < 4.78 is 0. The molecule has 0 radical (unpaired) electrons. The van der Waals surface area contributed by atoms with Crippen molar-refractivity contribution < 1.29 is 0 Å². The molecule has 0 aromatic carbocycles. The van der Waals surface area contributed by atoms with E-state index in [1.807, 2.05) is 6.20 Å². The lowest BCUT2D eigenvalue weighted by Gasteiger charge is -2.28. The van der Waals surface area contributed by atoms with Crippen LogP contribution in [0.15, 0.2) is 12.3 Å². The van der Waals surface area contributed by atoms with Crippen LogP contribution in [-0.4, -0.2) is 6.54 Å². The summed E-state index contributed by atoms with van der Waals surface area (Å²) in [5.41, 5.74) is 6.40. The second kappa shape index (κ2) is 2.40. The molecule has 0 aliphatic carbocycles. The third-order valence-electron chi connectivity index (χ3n) is 1.97. The standard InChI is InChI=1S/C7H14N2/c1-3-7(2)4-5-8-9-6-7/h4-5,8-9H,3,6H2,1-2H3. The monoisotopic (exact) mass is 126 g/mol. The molecule has 2 nitrogen and oxygen atoms in total. The van der Waals surface area contributed by atoms with Gasteiger partial charge in [-0.2, -0.15) is 0 Å². The van der Waals surface area contributed by atoms with Crippen LogP contribution in [0.25, 0.3) is 0 Å². The van der Waals surface area contributed by atoms with E-state index >= 15 is 0 Å². The highest BCUT2D eigenvalue weighted by Crippen LogP contribution is 2.22. The van der Waals surface area contributed by atoms with Gasteiger partial charge in [0.2, 0.25) is 0 Å². The van der Waals surface area contributed by atoms with Crippen LogP contribution in [0.5, 0.6) is 0 Å². The summed E-state index contributed by atoms with van der Waals surface area (Å²) in [6.07, 6.45) is 5.37. The second-order valence-corrected chi connectivity index (χ2v) is 2.84. The normalized spacial score (nSPS) is 34.0. The predicted molar refractivity (Wildman–Crippen MR) is 38.7 cm³/mol. The van der Waals surface area contributed by atoms with Crippen LogP contribution in [0.4, 0.5) is 0 Å². The van der Waals surface area contributed by atoms with Crippen LogP contribution in [-0.2, 0) is 0 Å². The molecule has 1 atom stereocenters. The molecule has 0 amide bonds. The molecule has 2 heteroatoms. The summed E-state index contributed by atoms with van der Waals surface area (Å²) in [4.78, 5) is 0. The predicted octanol–water partition coefficient (Wildman–Crippen LogP) is 1.02. The van der Waals surface area contributed by atoms with E-state index in [9.17, 15) is 0 Å². The van der Waals surface area contributed by atoms with E-state index in [0.29, 0.717) is 5.41 Å². The number of rotatable bonds is 1. The van der Waals surface area contributed by atoms with Crippen molar-refractivity contribution in [3.63, 3.8) is 0 Å². The van der Waals surface area contributed by atoms with E-state index in [4.69, 9.17) is 0 Å². The van der Waals surface area contributed by atoms with Gasteiger partial charge in [0, 0.05) is 18.2 Å². The van der Waals surface area contributed by atoms with Gasteiger partial charge < -0.3 is 5.43 Å². The Morgan fingerprint density at radius 3 is 2.78 bits per heavy atom. The molecule has 9 heavy (non-hydrogen) atoms. The first-order chi connectivity index (χ1) is 4.27. The molecule has 52 valence electrons. The van der Waals surface area contributed by atoms with Crippen LogP contribution in [0.2, 0.25) is 0 Å². The Kier molecular flexibility index (Phi) is 1.76. The number of hydrogen-bond donors (Lipinski definition) is 2. The average Bonchev–Trinajstić information content (AvgIpc) is 1.90. The van der Waals surface area contributed by atoms with E-state index in [1.54, 1.807) is 0 Å². The summed E-state index contributed by atoms with van der Waals surface area (Å²) in [6, 6.07) is 0. The quantitative estimate of drug-likeness (QED) is 0.548. The van der Waals surface area contributed by atoms with E-state index in [-0.39, 0.29) is 0 Å². The lowest BCUT2D eigenvalue weighted by molar-refractivity contribution is 0.344. The Bertz CT molecular complexity index is 120. The fourth-order valence-corrected chi connectivity index (χ4v) is 0.857. The smallest absolute Gasteiger partial charge is 0.0237 e. The first kappa shape index (κ1) is 6.62. The molecule has 0 saturated carbocycles. The van der Waals surface area contributed by atoms with Gasteiger partial charge in [0.15, 0.2) is 0 Å². The molecule has 0 aromatic heterocycles. The topological polar surface area (TPSA) is 24.1 Å². The lowest BCUT2D eigenvalue weighted by atomic mass is 9.87. The minimum atomic E-state index is 0.366. The molecular weight excluding hydrogens is 112 g/mol. The Balaban J connectivity index is 2.56. The molecule has 0 aromatic rings. The van der Waals surface area contributed by atoms with E-state index in [2.05, 4.69) is 30.8 Å². The van der Waals surface area contributed by atoms with Crippen molar-refractivity contribution in [2.24, 2.45) is 5.41 Å². The SMILES string of the molecule is CCC1(C)C=CNNC1. The fraction of sp³-hybridized carbons (Fsp3) is 0.714. The second-order valence-electron chi connectivity index (χ2n) is 2.84. The third-order valence-corrected chi connectivity index (χ3v) is 1.97. The maximum atomic E-state index is 3.09. The molecule has 1 unspecified atom stereocenters. The first-order valence-electron chi connectivity index (χ1n) is 3.43. The van der Waals surface area contributed by atoms with Crippen molar-refractivity contribution in [2.75, 3.05) is 6.54 Å². The van der Waals surface area contributed by atoms with Gasteiger partial charge in [-0.3, -0.25) is 0 Å². The van der Waals surface area contributed by atoms with Gasteiger partial charge in [-0.1, -0.05) is 19.9 Å². The summed E-state index contributed by atoms with van der Waals surface area (Å²) in [6.45, 7) is 5.48. The summed E-state index contributed by atoms with van der Waals surface area (Å²) >= 11 is 0. The van der Waals surface area contributed by atoms with Crippen molar-refractivity contribution in [1.29, 1.82) is 0 Å². The zero-order valence-electron chi connectivity index (χ0n) is 6.07. The maximum absolute atomic E-state index is 3.09. The van der Waals surface area contributed by atoms with Crippen LogP contribution >= 0.6 is 0 Å². The minimum Gasteiger partial charge on any atom is -0.329 e. The Morgan fingerprint density at radius 1 is 1.67 bits per heavy atom. The van der Waals surface area contributed by atoms with Crippen LogP contribution in [0, 0.1) is 5.41 Å². The van der Waals surface area contributed by atoms with E-state index in [0.717, 1.165) is 6.54 Å². The molecule has 0 fully saturated rings. The number of hydrogen-bond acceptors (Lipinski definition) is 2. The van der Waals surface area contributed by atoms with Crippen molar-refractivity contribution >= 4 is 0 Å². The van der Waals surface area contributed by atoms with Crippen molar-refractivity contribution in [3.8, 4) is 0 Å². The maximum Gasteiger partial charge on any atom is 0.0237 e. The van der Waals surface area contributed by atoms with Crippen molar-refractivity contribution in [2.45, 2.75) is 20.3 Å². The Labute approximate surface area is 56.3 Å². The highest BCUT2D eigenvalue weighted by molar-refractivity contribution is 4.99. The van der Waals surface area contributed by atoms with E-state index in [1.165, 1.54) is 6.42 Å².